The number of carbonyl (C=O) groups is 2. The molecule has 1 aliphatic carbocycles. The summed E-state index contributed by atoms with van der Waals surface area (Å²) in [6, 6.07) is 18.9. The van der Waals surface area contributed by atoms with E-state index in [2.05, 4.69) is 10.3 Å². The lowest BCUT2D eigenvalue weighted by atomic mass is 9.92. The molecule has 4 nitrogen and oxygen atoms in total. The average Bonchev–Trinajstić information content (AvgIpc) is 2.67. The van der Waals surface area contributed by atoms with Crippen LogP contribution in [0, 0.1) is 6.92 Å². The van der Waals surface area contributed by atoms with E-state index < -0.39 is 0 Å². The van der Waals surface area contributed by atoms with Crippen LogP contribution >= 0.6 is 0 Å². The Labute approximate surface area is 151 Å². The summed E-state index contributed by atoms with van der Waals surface area (Å²) in [5.74, 6) is -0.430. The summed E-state index contributed by atoms with van der Waals surface area (Å²) in [6.07, 6.45) is 2.85. The van der Waals surface area contributed by atoms with Crippen LogP contribution in [-0.2, 0) is 0 Å². The van der Waals surface area contributed by atoms with E-state index in [0.29, 0.717) is 16.8 Å². The molecule has 0 saturated heterocycles. The molecule has 4 rings (SSSR count). The van der Waals surface area contributed by atoms with Crippen molar-refractivity contribution in [2.24, 2.45) is 0 Å². The minimum absolute atomic E-state index is 0.200. The molecule has 0 atom stereocenters. The summed E-state index contributed by atoms with van der Waals surface area (Å²) in [4.78, 5) is 29.7. The molecule has 0 fully saturated rings. The number of aromatic nitrogens is 1. The number of nitrogens with one attached hydrogen (secondary N) is 1. The Kier molecular flexibility index (Phi) is 3.93. The van der Waals surface area contributed by atoms with Crippen molar-refractivity contribution in [3.8, 4) is 11.3 Å². The Balaban J connectivity index is 1.69. The second-order valence-corrected chi connectivity index (χ2v) is 6.22. The molecule has 1 aromatic heterocycles. The quantitative estimate of drug-likeness (QED) is 0.766. The minimum Gasteiger partial charge on any atom is -0.352 e. The number of allylic oxidation sites excluding steroid dienone is 2. The first-order valence-corrected chi connectivity index (χ1v) is 8.32. The number of pyridine rings is 1. The highest BCUT2D eigenvalue weighted by Gasteiger charge is 2.26. The van der Waals surface area contributed by atoms with Crippen LogP contribution in [0.1, 0.15) is 26.3 Å². The van der Waals surface area contributed by atoms with Gasteiger partial charge in [-0.05, 0) is 25.1 Å². The number of aryl methyl sites for hydroxylation is 1. The number of rotatable bonds is 3. The van der Waals surface area contributed by atoms with Crippen molar-refractivity contribution in [3.63, 3.8) is 0 Å². The zero-order valence-electron chi connectivity index (χ0n) is 14.2. The second kappa shape index (κ2) is 6.41. The molecule has 0 bridgehead atoms. The molecule has 126 valence electrons. The van der Waals surface area contributed by atoms with Crippen LogP contribution in [0.5, 0.6) is 0 Å². The molecule has 0 amide bonds. The smallest absolute Gasteiger partial charge is 0.211 e. The molecule has 1 aliphatic rings. The van der Waals surface area contributed by atoms with E-state index in [0.717, 1.165) is 16.8 Å². The number of hydrogen-bond donors (Lipinski definition) is 1. The molecular formula is C22H16N2O2. The van der Waals surface area contributed by atoms with E-state index in [9.17, 15) is 9.59 Å². The molecule has 26 heavy (non-hydrogen) atoms. The summed E-state index contributed by atoms with van der Waals surface area (Å²) < 4.78 is 0. The Bertz CT molecular complexity index is 1040. The van der Waals surface area contributed by atoms with Gasteiger partial charge < -0.3 is 5.32 Å². The van der Waals surface area contributed by atoms with Gasteiger partial charge in [-0.3, -0.25) is 14.6 Å². The van der Waals surface area contributed by atoms with Gasteiger partial charge in [0.1, 0.15) is 0 Å². The lowest BCUT2D eigenvalue weighted by molar-refractivity contribution is 0.0985. The summed E-state index contributed by atoms with van der Waals surface area (Å²) in [5, 5.41) is 3.02. The maximum absolute atomic E-state index is 12.7. The number of nitrogens with zero attached hydrogens (tertiary/aromatic N) is 1. The molecule has 2 aromatic carbocycles. The first kappa shape index (κ1) is 16.0. The third-order valence-corrected chi connectivity index (χ3v) is 4.33. The maximum atomic E-state index is 12.7. The van der Waals surface area contributed by atoms with E-state index in [1.807, 2.05) is 61.5 Å². The van der Waals surface area contributed by atoms with Crippen LogP contribution in [0.4, 0.5) is 5.69 Å². The Hall–Kier alpha value is -3.53. The fourth-order valence-corrected chi connectivity index (χ4v) is 2.91. The number of carbonyl (C=O) groups excluding carboxylic acids is 2. The minimum atomic E-state index is -0.230. The molecule has 1 N–H and O–H groups in total. The lowest BCUT2D eigenvalue weighted by Crippen LogP contribution is -2.22. The highest BCUT2D eigenvalue weighted by Crippen LogP contribution is 2.26. The van der Waals surface area contributed by atoms with Gasteiger partial charge in [-0.2, -0.15) is 0 Å². The van der Waals surface area contributed by atoms with E-state index in [1.165, 1.54) is 12.3 Å². The van der Waals surface area contributed by atoms with Crippen molar-refractivity contribution in [2.45, 2.75) is 6.92 Å². The summed E-state index contributed by atoms with van der Waals surface area (Å²) in [7, 11) is 0. The van der Waals surface area contributed by atoms with Crippen molar-refractivity contribution in [1.29, 1.82) is 0 Å². The van der Waals surface area contributed by atoms with Crippen LogP contribution < -0.4 is 5.32 Å². The van der Waals surface area contributed by atoms with Gasteiger partial charge in [0.2, 0.25) is 5.78 Å². The van der Waals surface area contributed by atoms with Crippen molar-refractivity contribution in [3.05, 3.63) is 95.3 Å². The van der Waals surface area contributed by atoms with E-state index in [4.69, 9.17) is 0 Å². The molecule has 0 aliphatic heterocycles. The molecular weight excluding hydrogens is 324 g/mol. The number of Topliss-reactive ketones (excluding diaryl/α,β-unsaturated/α-hetero) is 1. The molecule has 4 heteroatoms. The van der Waals surface area contributed by atoms with Crippen molar-refractivity contribution in [1.82, 2.24) is 4.98 Å². The van der Waals surface area contributed by atoms with Crippen LogP contribution in [0.2, 0.25) is 0 Å². The first-order chi connectivity index (χ1) is 12.6. The maximum Gasteiger partial charge on any atom is 0.211 e. The number of hydrogen-bond acceptors (Lipinski definition) is 4. The standard InChI is InChI=1S/C22H16N2O2/c1-14-7-9-15(10-8-14)19-11-17-18(13-23-19)22(26)20(12-21(17)25)24-16-5-3-2-4-6-16/h2-13,24H,1H3. The monoisotopic (exact) mass is 340 g/mol. The van der Waals surface area contributed by atoms with Crippen LogP contribution in [0.15, 0.2) is 78.6 Å². The molecule has 1 heterocycles. The molecule has 0 saturated carbocycles. The van der Waals surface area contributed by atoms with Gasteiger partial charge in [-0.1, -0.05) is 48.0 Å². The van der Waals surface area contributed by atoms with Gasteiger partial charge in [0.05, 0.1) is 17.0 Å². The topological polar surface area (TPSA) is 59.1 Å². The predicted molar refractivity (Wildman–Crippen MR) is 101 cm³/mol. The molecule has 3 aromatic rings. The highest BCUT2D eigenvalue weighted by molar-refractivity contribution is 6.25. The normalized spacial score (nSPS) is 13.2. The van der Waals surface area contributed by atoms with Crippen LogP contribution in [-0.4, -0.2) is 16.6 Å². The van der Waals surface area contributed by atoms with Gasteiger partial charge in [0, 0.05) is 29.1 Å². The lowest BCUT2D eigenvalue weighted by Gasteiger charge is -2.17. The summed E-state index contributed by atoms with van der Waals surface area (Å²) in [5.41, 5.74) is 4.48. The van der Waals surface area contributed by atoms with Gasteiger partial charge in [0.25, 0.3) is 0 Å². The SMILES string of the molecule is Cc1ccc(-c2cc3c(cn2)C(=O)C(Nc2ccccc2)=CC3=O)cc1. The van der Waals surface area contributed by atoms with Crippen molar-refractivity contribution >= 4 is 17.3 Å². The zero-order valence-corrected chi connectivity index (χ0v) is 14.2. The van der Waals surface area contributed by atoms with Gasteiger partial charge in [-0.25, -0.2) is 0 Å². The van der Waals surface area contributed by atoms with Crippen molar-refractivity contribution in [2.75, 3.05) is 5.32 Å². The van der Waals surface area contributed by atoms with Crippen molar-refractivity contribution < 1.29 is 9.59 Å². The third kappa shape index (κ3) is 2.93. The van der Waals surface area contributed by atoms with Gasteiger partial charge >= 0.3 is 0 Å². The van der Waals surface area contributed by atoms with Gasteiger partial charge in [-0.15, -0.1) is 0 Å². The number of ketones is 2. The number of para-hydroxylation sites is 1. The fourth-order valence-electron chi connectivity index (χ4n) is 2.91. The Morgan fingerprint density at radius 2 is 1.62 bits per heavy atom. The van der Waals surface area contributed by atoms with E-state index >= 15 is 0 Å². The van der Waals surface area contributed by atoms with Crippen LogP contribution in [0.25, 0.3) is 11.3 Å². The van der Waals surface area contributed by atoms with E-state index in [1.54, 1.807) is 6.07 Å². The summed E-state index contributed by atoms with van der Waals surface area (Å²) >= 11 is 0. The highest BCUT2D eigenvalue weighted by atomic mass is 16.1. The zero-order chi connectivity index (χ0) is 18.1. The largest absolute Gasteiger partial charge is 0.352 e. The Morgan fingerprint density at radius 3 is 2.35 bits per heavy atom. The van der Waals surface area contributed by atoms with Gasteiger partial charge in [0.15, 0.2) is 5.78 Å². The summed E-state index contributed by atoms with van der Waals surface area (Å²) in [6.45, 7) is 2.01. The second-order valence-electron chi connectivity index (χ2n) is 6.22. The van der Waals surface area contributed by atoms with E-state index in [-0.39, 0.29) is 17.3 Å². The number of benzene rings is 2. The van der Waals surface area contributed by atoms with Crippen LogP contribution in [0.3, 0.4) is 0 Å². The molecule has 0 unspecified atom stereocenters. The Morgan fingerprint density at radius 1 is 0.885 bits per heavy atom. The predicted octanol–water partition coefficient (Wildman–Crippen LogP) is 4.43. The molecule has 0 radical (unpaired) electrons. The molecule has 0 spiro atoms. The number of fused-ring (bicyclic) bond motifs is 1. The fraction of sp³-hybridized carbons (Fsp3) is 0.0455. The first-order valence-electron chi connectivity index (χ1n) is 8.32. The average molecular weight is 340 g/mol. The third-order valence-electron chi connectivity index (χ3n) is 4.33. The number of anilines is 1.